The maximum atomic E-state index is 12.4. The predicted molar refractivity (Wildman–Crippen MR) is 149 cm³/mol. The fraction of sp³-hybridized carbons (Fsp3) is 0.321. The molecule has 1 aromatic carbocycles. The van der Waals surface area contributed by atoms with E-state index in [4.69, 9.17) is 4.84 Å². The summed E-state index contributed by atoms with van der Waals surface area (Å²) in [5.74, 6) is -0.0271. The van der Waals surface area contributed by atoms with Crippen molar-refractivity contribution in [1.82, 2.24) is 14.0 Å². The number of carbonyl (C=O) groups is 1. The standard InChI is InChI=1S/C28H28N6O4S/c1-18(24-9-5-11-39-24)31-38-16-25(35)29-30-27-21-6-2-3-7-23(21)34(28(27)37)17-32-13-19-12-20(15-32)22-8-4-10-26(36)33(22)14-19/h2-11,19-20,37H,12-17H2,1H3/b30-29?,31-18+/t19-,20+/m0/s1. The van der Waals surface area contributed by atoms with Gasteiger partial charge in [-0.25, -0.2) is 0 Å². The maximum absolute atomic E-state index is 12.4. The number of rotatable bonds is 7. The molecule has 0 aliphatic carbocycles. The minimum Gasteiger partial charge on any atom is -0.493 e. The second-order valence-corrected chi connectivity index (χ2v) is 11.0. The first kappa shape index (κ1) is 25.2. The zero-order valence-corrected chi connectivity index (χ0v) is 22.3. The van der Waals surface area contributed by atoms with Crippen LogP contribution in [0.15, 0.2) is 80.2 Å². The van der Waals surface area contributed by atoms with E-state index in [-0.39, 0.29) is 29.7 Å². The number of azo groups is 1. The van der Waals surface area contributed by atoms with Crippen molar-refractivity contribution in [2.45, 2.75) is 32.5 Å². The number of para-hydroxylation sites is 1. The Morgan fingerprint density at radius 2 is 1.97 bits per heavy atom. The Hall–Kier alpha value is -4.09. The number of carbonyl (C=O) groups excluding carboxylic acids is 1. The highest BCUT2D eigenvalue weighted by molar-refractivity contribution is 7.12. The lowest BCUT2D eigenvalue weighted by Gasteiger charge is -2.42. The third kappa shape index (κ3) is 5.02. The summed E-state index contributed by atoms with van der Waals surface area (Å²) in [6, 6.07) is 16.9. The Balaban J connectivity index is 1.19. The molecule has 2 bridgehead atoms. The van der Waals surface area contributed by atoms with E-state index < -0.39 is 5.91 Å². The molecule has 5 heterocycles. The fourth-order valence-electron chi connectivity index (χ4n) is 5.67. The topological polar surface area (TPSA) is 114 Å². The second kappa shape index (κ2) is 10.6. The SMILES string of the molecule is C/C(=N\OCC(=O)N=Nc1c(O)n(CN2C[C@@H]3C[C@H](C2)c2cccc(=O)n2C3)c2ccccc12)c1cccs1. The van der Waals surface area contributed by atoms with E-state index in [0.717, 1.165) is 35.6 Å². The van der Waals surface area contributed by atoms with Crippen molar-refractivity contribution in [3.63, 3.8) is 0 Å². The molecule has 2 aliphatic rings. The maximum Gasteiger partial charge on any atom is 0.304 e. The number of aromatic nitrogens is 2. The van der Waals surface area contributed by atoms with Crippen molar-refractivity contribution in [3.05, 3.63) is 80.9 Å². The fourth-order valence-corrected chi connectivity index (χ4v) is 6.34. The first-order valence-corrected chi connectivity index (χ1v) is 13.7. The summed E-state index contributed by atoms with van der Waals surface area (Å²) in [5.41, 5.74) is 2.86. The Morgan fingerprint density at radius 1 is 1.10 bits per heavy atom. The zero-order chi connectivity index (χ0) is 26.9. The lowest BCUT2D eigenvalue weighted by molar-refractivity contribution is -0.122. The van der Waals surface area contributed by atoms with E-state index >= 15 is 0 Å². The molecule has 2 atom stereocenters. The molecule has 1 saturated heterocycles. The van der Waals surface area contributed by atoms with E-state index in [9.17, 15) is 14.7 Å². The van der Waals surface area contributed by atoms with Crippen LogP contribution in [0.25, 0.3) is 10.9 Å². The molecule has 200 valence electrons. The van der Waals surface area contributed by atoms with Crippen molar-refractivity contribution in [2.24, 2.45) is 21.3 Å². The molecule has 6 rings (SSSR count). The average molecular weight is 545 g/mol. The monoisotopic (exact) mass is 544 g/mol. The first-order valence-electron chi connectivity index (χ1n) is 12.8. The highest BCUT2D eigenvalue weighted by Crippen LogP contribution is 2.40. The van der Waals surface area contributed by atoms with Crippen LogP contribution in [0.3, 0.4) is 0 Å². The number of hydrogen-bond donors (Lipinski definition) is 1. The number of pyridine rings is 1. The number of oxime groups is 1. The van der Waals surface area contributed by atoms with E-state index in [1.54, 1.807) is 17.6 Å². The summed E-state index contributed by atoms with van der Waals surface area (Å²) in [6.07, 6.45) is 1.05. The van der Waals surface area contributed by atoms with Gasteiger partial charge >= 0.3 is 5.91 Å². The number of hydrogen-bond acceptors (Lipinski definition) is 8. The van der Waals surface area contributed by atoms with Crippen molar-refractivity contribution in [1.29, 1.82) is 0 Å². The lowest BCUT2D eigenvalue weighted by Crippen LogP contribution is -2.47. The van der Waals surface area contributed by atoms with Gasteiger partial charge in [-0.1, -0.05) is 35.5 Å². The van der Waals surface area contributed by atoms with Gasteiger partial charge in [0.2, 0.25) is 5.88 Å². The summed E-state index contributed by atoms with van der Waals surface area (Å²) in [7, 11) is 0. The summed E-state index contributed by atoms with van der Waals surface area (Å²) in [4.78, 5) is 33.1. The second-order valence-electron chi connectivity index (χ2n) is 10.0. The first-order chi connectivity index (χ1) is 19.0. The Kier molecular flexibility index (Phi) is 6.84. The molecule has 4 aromatic rings. The Labute approximate surface area is 228 Å². The minimum atomic E-state index is -0.605. The van der Waals surface area contributed by atoms with Crippen LogP contribution in [0.1, 0.15) is 29.8 Å². The summed E-state index contributed by atoms with van der Waals surface area (Å²) in [6.45, 7) is 4.22. The molecule has 2 aliphatic heterocycles. The van der Waals surface area contributed by atoms with E-state index in [1.807, 2.05) is 58.5 Å². The number of benzene rings is 1. The summed E-state index contributed by atoms with van der Waals surface area (Å²) < 4.78 is 3.71. The zero-order valence-electron chi connectivity index (χ0n) is 21.4. The number of amides is 1. The van der Waals surface area contributed by atoms with Gasteiger partial charge in [0.15, 0.2) is 12.3 Å². The molecule has 1 N–H and O–H groups in total. The van der Waals surface area contributed by atoms with Crippen LogP contribution >= 0.6 is 11.3 Å². The number of thiophene rings is 1. The van der Waals surface area contributed by atoms with Crippen LogP contribution in [0, 0.1) is 5.92 Å². The third-order valence-corrected chi connectivity index (χ3v) is 8.32. The van der Waals surface area contributed by atoms with Crippen LogP contribution in [-0.2, 0) is 22.8 Å². The van der Waals surface area contributed by atoms with Crippen LogP contribution in [0.5, 0.6) is 5.88 Å². The van der Waals surface area contributed by atoms with E-state index in [2.05, 4.69) is 20.3 Å². The van der Waals surface area contributed by atoms with Gasteiger partial charge in [-0.3, -0.25) is 19.1 Å². The van der Waals surface area contributed by atoms with Gasteiger partial charge < -0.3 is 14.5 Å². The van der Waals surface area contributed by atoms with Gasteiger partial charge in [-0.2, -0.15) is 0 Å². The Bertz CT molecular complexity index is 1640. The average Bonchev–Trinajstić information content (AvgIpc) is 3.56. The minimum absolute atomic E-state index is 0.0485. The smallest absolute Gasteiger partial charge is 0.304 e. The number of likely N-dealkylation sites (tertiary alicyclic amines) is 1. The van der Waals surface area contributed by atoms with Gasteiger partial charge in [0.1, 0.15) is 0 Å². The van der Waals surface area contributed by atoms with Crippen LogP contribution in [-0.4, -0.2) is 50.5 Å². The van der Waals surface area contributed by atoms with Gasteiger partial charge in [0, 0.05) is 42.7 Å². The number of aromatic hydroxyl groups is 1. The van der Waals surface area contributed by atoms with Crippen molar-refractivity contribution in [3.8, 4) is 5.88 Å². The van der Waals surface area contributed by atoms with Gasteiger partial charge in [-0.05, 0) is 42.8 Å². The van der Waals surface area contributed by atoms with Crippen LogP contribution < -0.4 is 5.56 Å². The number of piperidine rings is 1. The molecule has 39 heavy (non-hydrogen) atoms. The molecule has 0 saturated carbocycles. The third-order valence-electron chi connectivity index (χ3n) is 7.34. The van der Waals surface area contributed by atoms with Crippen molar-refractivity contribution < 1.29 is 14.7 Å². The molecule has 1 fully saturated rings. The highest BCUT2D eigenvalue weighted by Gasteiger charge is 2.35. The highest BCUT2D eigenvalue weighted by atomic mass is 32.1. The molecule has 11 heteroatoms. The molecule has 1 amide bonds. The molecule has 3 aromatic heterocycles. The van der Waals surface area contributed by atoms with Crippen molar-refractivity contribution in [2.75, 3.05) is 19.7 Å². The van der Waals surface area contributed by atoms with Crippen LogP contribution in [0.4, 0.5) is 5.69 Å². The van der Waals surface area contributed by atoms with Crippen molar-refractivity contribution >= 4 is 39.5 Å². The molecular formula is C28H28N6O4S. The number of fused-ring (bicyclic) bond motifs is 5. The normalized spacial score (nSPS) is 19.5. The Morgan fingerprint density at radius 3 is 2.82 bits per heavy atom. The van der Waals surface area contributed by atoms with Crippen LogP contribution in [0.2, 0.25) is 0 Å². The molecule has 0 spiro atoms. The molecule has 10 nitrogen and oxygen atoms in total. The largest absolute Gasteiger partial charge is 0.493 e. The molecule has 0 radical (unpaired) electrons. The molecular weight excluding hydrogens is 516 g/mol. The van der Waals surface area contributed by atoms with E-state index in [1.165, 1.54) is 11.3 Å². The number of nitrogens with zero attached hydrogens (tertiary/aromatic N) is 6. The lowest BCUT2D eigenvalue weighted by atomic mass is 9.83. The summed E-state index contributed by atoms with van der Waals surface area (Å²) in [5, 5.41) is 25.7. The summed E-state index contributed by atoms with van der Waals surface area (Å²) >= 11 is 1.53. The van der Waals surface area contributed by atoms with Gasteiger partial charge in [-0.15, -0.1) is 21.6 Å². The van der Waals surface area contributed by atoms with E-state index in [0.29, 0.717) is 30.2 Å². The molecule has 0 unspecified atom stereocenters. The quantitative estimate of drug-likeness (QED) is 0.206. The van der Waals surface area contributed by atoms with Gasteiger partial charge in [0.25, 0.3) is 5.56 Å². The predicted octanol–water partition coefficient (Wildman–Crippen LogP) is 4.70. The van der Waals surface area contributed by atoms with Gasteiger partial charge in [0.05, 0.1) is 22.8 Å².